The summed E-state index contributed by atoms with van der Waals surface area (Å²) in [5.74, 6) is 0.602. The second-order valence-corrected chi connectivity index (χ2v) is 6.44. The summed E-state index contributed by atoms with van der Waals surface area (Å²) in [6.07, 6.45) is 1.43. The highest BCUT2D eigenvalue weighted by Gasteiger charge is 2.15. The molecule has 0 atom stereocenters. The van der Waals surface area contributed by atoms with Gasteiger partial charge in [-0.15, -0.1) is 0 Å². The lowest BCUT2D eigenvalue weighted by Gasteiger charge is -2.14. The standard InChI is InChI=1S/C22H22N2O5/c1-13-7-8-15(11-16(13)24-22(26)18-6-5-9-29-18)21(25)23-17-12-20(28-4)19(27-3)10-14(17)2/h5-12H,1-4H3,(H,23,25)(H,24,26). The number of carbonyl (C=O) groups is 2. The van der Waals surface area contributed by atoms with E-state index >= 15 is 0 Å². The molecular formula is C22H22N2O5. The highest BCUT2D eigenvalue weighted by molar-refractivity contribution is 6.07. The Hall–Kier alpha value is -3.74. The third kappa shape index (κ3) is 4.40. The van der Waals surface area contributed by atoms with Crippen molar-refractivity contribution in [1.82, 2.24) is 0 Å². The second-order valence-electron chi connectivity index (χ2n) is 6.44. The molecule has 0 fully saturated rings. The lowest BCUT2D eigenvalue weighted by atomic mass is 10.1. The molecule has 7 heteroatoms. The van der Waals surface area contributed by atoms with Gasteiger partial charge in [-0.2, -0.15) is 0 Å². The Morgan fingerprint density at radius 1 is 0.828 bits per heavy atom. The maximum Gasteiger partial charge on any atom is 0.291 e. The molecule has 1 heterocycles. The van der Waals surface area contributed by atoms with Gasteiger partial charge in [0, 0.05) is 23.0 Å². The van der Waals surface area contributed by atoms with Gasteiger partial charge in [0.05, 0.1) is 20.5 Å². The lowest BCUT2D eigenvalue weighted by molar-refractivity contribution is 0.0993. The summed E-state index contributed by atoms with van der Waals surface area (Å²) in [5, 5.41) is 5.64. The van der Waals surface area contributed by atoms with Crippen LogP contribution in [-0.4, -0.2) is 26.0 Å². The van der Waals surface area contributed by atoms with E-state index in [1.807, 2.05) is 13.8 Å². The summed E-state index contributed by atoms with van der Waals surface area (Å²) in [7, 11) is 3.09. The molecule has 0 bridgehead atoms. The van der Waals surface area contributed by atoms with Gasteiger partial charge >= 0.3 is 0 Å². The molecule has 0 aliphatic carbocycles. The molecule has 0 radical (unpaired) electrons. The van der Waals surface area contributed by atoms with Crippen LogP contribution in [0.15, 0.2) is 53.1 Å². The summed E-state index contributed by atoms with van der Waals surface area (Å²) in [4.78, 5) is 25.0. The zero-order valence-electron chi connectivity index (χ0n) is 16.7. The summed E-state index contributed by atoms with van der Waals surface area (Å²) < 4.78 is 15.7. The fraction of sp³-hybridized carbons (Fsp3) is 0.182. The third-order valence-electron chi connectivity index (χ3n) is 4.47. The highest BCUT2D eigenvalue weighted by atomic mass is 16.5. The molecule has 0 spiro atoms. The number of rotatable bonds is 6. The zero-order valence-corrected chi connectivity index (χ0v) is 16.7. The maximum atomic E-state index is 12.8. The van der Waals surface area contributed by atoms with Crippen molar-refractivity contribution >= 4 is 23.2 Å². The van der Waals surface area contributed by atoms with Gasteiger partial charge in [-0.1, -0.05) is 6.07 Å². The van der Waals surface area contributed by atoms with Crippen LogP contribution in [0, 0.1) is 13.8 Å². The Morgan fingerprint density at radius 3 is 2.14 bits per heavy atom. The molecule has 1 aromatic heterocycles. The molecule has 3 aromatic rings. The van der Waals surface area contributed by atoms with E-state index in [4.69, 9.17) is 13.9 Å². The van der Waals surface area contributed by atoms with Gasteiger partial charge in [-0.3, -0.25) is 9.59 Å². The minimum Gasteiger partial charge on any atom is -0.493 e. The molecule has 0 saturated heterocycles. The molecule has 29 heavy (non-hydrogen) atoms. The summed E-state index contributed by atoms with van der Waals surface area (Å²) in [6.45, 7) is 3.71. The van der Waals surface area contributed by atoms with E-state index < -0.39 is 0 Å². The molecule has 0 aliphatic heterocycles. The highest BCUT2D eigenvalue weighted by Crippen LogP contribution is 2.33. The summed E-state index contributed by atoms with van der Waals surface area (Å²) >= 11 is 0. The average molecular weight is 394 g/mol. The number of hydrogen-bond acceptors (Lipinski definition) is 5. The van der Waals surface area contributed by atoms with E-state index in [0.29, 0.717) is 28.4 Å². The monoisotopic (exact) mass is 394 g/mol. The summed E-state index contributed by atoms with van der Waals surface area (Å²) in [6, 6.07) is 11.8. The van der Waals surface area contributed by atoms with Crippen molar-refractivity contribution in [3.05, 3.63) is 71.2 Å². The largest absolute Gasteiger partial charge is 0.493 e. The van der Waals surface area contributed by atoms with Gasteiger partial charge < -0.3 is 24.5 Å². The van der Waals surface area contributed by atoms with Crippen LogP contribution in [-0.2, 0) is 0 Å². The van der Waals surface area contributed by atoms with Crippen LogP contribution in [0.2, 0.25) is 0 Å². The van der Waals surface area contributed by atoms with Crippen molar-refractivity contribution in [1.29, 1.82) is 0 Å². The molecular weight excluding hydrogens is 372 g/mol. The molecule has 2 amide bonds. The minimum atomic E-state index is -0.383. The van der Waals surface area contributed by atoms with Crippen LogP contribution < -0.4 is 20.1 Å². The number of hydrogen-bond donors (Lipinski definition) is 2. The van der Waals surface area contributed by atoms with Crippen LogP contribution in [0.25, 0.3) is 0 Å². The van der Waals surface area contributed by atoms with Crippen molar-refractivity contribution in [3.8, 4) is 11.5 Å². The molecule has 0 unspecified atom stereocenters. The van der Waals surface area contributed by atoms with Gasteiger partial charge in [0.1, 0.15) is 0 Å². The molecule has 0 saturated carbocycles. The molecule has 2 aromatic carbocycles. The molecule has 150 valence electrons. The number of nitrogens with one attached hydrogen (secondary N) is 2. The van der Waals surface area contributed by atoms with E-state index in [-0.39, 0.29) is 17.6 Å². The molecule has 3 rings (SSSR count). The van der Waals surface area contributed by atoms with Crippen LogP contribution in [0.5, 0.6) is 11.5 Å². The van der Waals surface area contributed by atoms with Gasteiger partial charge in [0.2, 0.25) is 0 Å². The number of amides is 2. The number of aryl methyl sites for hydroxylation is 2. The predicted octanol–water partition coefficient (Wildman–Crippen LogP) is 4.42. The number of ether oxygens (including phenoxy) is 2. The van der Waals surface area contributed by atoms with Crippen LogP contribution in [0.4, 0.5) is 11.4 Å². The lowest BCUT2D eigenvalue weighted by Crippen LogP contribution is -2.15. The molecule has 0 aliphatic rings. The third-order valence-corrected chi connectivity index (χ3v) is 4.47. The van der Waals surface area contributed by atoms with Crippen molar-refractivity contribution in [2.24, 2.45) is 0 Å². The SMILES string of the molecule is COc1cc(C)c(NC(=O)c2ccc(C)c(NC(=O)c3ccco3)c2)cc1OC. The summed E-state index contributed by atoms with van der Waals surface area (Å²) in [5.41, 5.74) is 3.19. The van der Waals surface area contributed by atoms with E-state index in [9.17, 15) is 9.59 Å². The van der Waals surface area contributed by atoms with E-state index in [0.717, 1.165) is 11.1 Å². The molecule has 2 N–H and O–H groups in total. The Labute approximate surface area is 168 Å². The van der Waals surface area contributed by atoms with Gasteiger partial charge in [-0.25, -0.2) is 0 Å². The fourth-order valence-corrected chi connectivity index (χ4v) is 2.80. The number of benzene rings is 2. The normalized spacial score (nSPS) is 10.3. The van der Waals surface area contributed by atoms with Gasteiger partial charge in [0.15, 0.2) is 17.3 Å². The fourth-order valence-electron chi connectivity index (χ4n) is 2.80. The first kappa shape index (κ1) is 20.0. The Balaban J connectivity index is 1.82. The first-order valence-electron chi connectivity index (χ1n) is 8.92. The number of methoxy groups -OCH3 is 2. The van der Waals surface area contributed by atoms with Crippen LogP contribution in [0.1, 0.15) is 32.0 Å². The van der Waals surface area contributed by atoms with Crippen LogP contribution in [0.3, 0.4) is 0 Å². The van der Waals surface area contributed by atoms with Crippen molar-refractivity contribution in [3.63, 3.8) is 0 Å². The van der Waals surface area contributed by atoms with E-state index in [1.165, 1.54) is 13.4 Å². The molecule has 7 nitrogen and oxygen atoms in total. The van der Waals surface area contributed by atoms with Gasteiger partial charge in [0.25, 0.3) is 11.8 Å². The minimum absolute atomic E-state index is 0.195. The first-order valence-corrected chi connectivity index (χ1v) is 8.92. The second kappa shape index (κ2) is 8.52. The topological polar surface area (TPSA) is 89.8 Å². The van der Waals surface area contributed by atoms with E-state index in [1.54, 1.807) is 49.6 Å². The number of furan rings is 1. The van der Waals surface area contributed by atoms with Crippen molar-refractivity contribution in [2.45, 2.75) is 13.8 Å². The quantitative estimate of drug-likeness (QED) is 0.646. The van der Waals surface area contributed by atoms with E-state index in [2.05, 4.69) is 10.6 Å². The Kier molecular flexibility index (Phi) is 5.87. The van der Waals surface area contributed by atoms with Crippen molar-refractivity contribution in [2.75, 3.05) is 24.9 Å². The number of carbonyl (C=O) groups excluding carboxylic acids is 2. The maximum absolute atomic E-state index is 12.8. The smallest absolute Gasteiger partial charge is 0.291 e. The van der Waals surface area contributed by atoms with Crippen LogP contribution >= 0.6 is 0 Å². The Morgan fingerprint density at radius 2 is 1.48 bits per heavy atom. The predicted molar refractivity (Wildman–Crippen MR) is 110 cm³/mol. The average Bonchev–Trinajstić information content (AvgIpc) is 3.25. The Bertz CT molecular complexity index is 1040. The number of anilines is 2. The zero-order chi connectivity index (χ0) is 21.0. The van der Waals surface area contributed by atoms with Crippen molar-refractivity contribution < 1.29 is 23.5 Å². The first-order chi connectivity index (χ1) is 13.9. The van der Waals surface area contributed by atoms with Gasteiger partial charge in [-0.05, 0) is 55.3 Å².